The summed E-state index contributed by atoms with van der Waals surface area (Å²) in [7, 11) is 0. The summed E-state index contributed by atoms with van der Waals surface area (Å²) >= 11 is 0. The van der Waals surface area contributed by atoms with Crippen LogP contribution in [0, 0.1) is 0 Å². The molecular formula is C19H40N. The Balaban J connectivity index is 2.99. The summed E-state index contributed by atoms with van der Waals surface area (Å²) in [5.74, 6) is 0. The van der Waals surface area contributed by atoms with E-state index in [4.69, 9.17) is 0 Å². The zero-order valence-electron chi connectivity index (χ0n) is 14.6. The van der Waals surface area contributed by atoms with Crippen LogP contribution >= 0.6 is 0 Å². The van der Waals surface area contributed by atoms with Crippen LogP contribution in [-0.2, 0) is 0 Å². The predicted octanol–water partition coefficient (Wildman–Crippen LogP) is 6.48. The molecule has 0 aromatic rings. The van der Waals surface area contributed by atoms with Crippen molar-refractivity contribution >= 4 is 0 Å². The summed E-state index contributed by atoms with van der Waals surface area (Å²) in [5.41, 5.74) is 0. The van der Waals surface area contributed by atoms with Crippen molar-refractivity contribution in [3.63, 3.8) is 0 Å². The van der Waals surface area contributed by atoms with Crippen molar-refractivity contribution in [2.45, 2.75) is 117 Å². The molecule has 0 aromatic carbocycles. The van der Waals surface area contributed by atoms with E-state index in [0.29, 0.717) is 6.04 Å². The molecule has 0 saturated carbocycles. The average Bonchev–Trinajstić information content (AvgIpc) is 2.44. The Hall–Kier alpha value is -0.0400. The highest BCUT2D eigenvalue weighted by Crippen LogP contribution is 2.13. The van der Waals surface area contributed by atoms with E-state index >= 15 is 0 Å². The van der Waals surface area contributed by atoms with Crippen LogP contribution in [0.4, 0.5) is 0 Å². The van der Waals surface area contributed by atoms with Gasteiger partial charge in [0.05, 0.1) is 0 Å². The van der Waals surface area contributed by atoms with E-state index in [2.05, 4.69) is 26.1 Å². The van der Waals surface area contributed by atoms with Crippen LogP contribution in [0.2, 0.25) is 0 Å². The molecule has 0 aliphatic carbocycles. The molecule has 0 saturated heterocycles. The van der Waals surface area contributed by atoms with Gasteiger partial charge in [-0.05, 0) is 13.3 Å². The average molecular weight is 283 g/mol. The topological polar surface area (TPSA) is 14.1 Å². The molecule has 0 fully saturated rings. The molecule has 0 spiro atoms. The zero-order chi connectivity index (χ0) is 14.9. The van der Waals surface area contributed by atoms with Crippen molar-refractivity contribution in [3.8, 4) is 0 Å². The Bertz CT molecular complexity index is 167. The van der Waals surface area contributed by atoms with Crippen molar-refractivity contribution in [3.05, 3.63) is 0 Å². The summed E-state index contributed by atoms with van der Waals surface area (Å²) in [4.78, 5) is 0. The van der Waals surface area contributed by atoms with Crippen LogP contribution in [0.5, 0.6) is 0 Å². The third-order valence-electron chi connectivity index (χ3n) is 4.22. The van der Waals surface area contributed by atoms with Gasteiger partial charge in [0.25, 0.3) is 0 Å². The molecule has 1 nitrogen and oxygen atoms in total. The molecule has 0 aliphatic rings. The fourth-order valence-electron chi connectivity index (χ4n) is 2.86. The molecule has 1 heteroatoms. The quantitative estimate of drug-likeness (QED) is 0.288. The molecule has 0 aromatic heterocycles. The Labute approximate surface area is 129 Å². The maximum atomic E-state index is 4.52. The maximum absolute atomic E-state index is 4.52. The van der Waals surface area contributed by atoms with Crippen LogP contribution in [0.25, 0.3) is 0 Å². The van der Waals surface area contributed by atoms with Crippen LogP contribution in [-0.4, -0.2) is 12.6 Å². The minimum absolute atomic E-state index is 0.590. The van der Waals surface area contributed by atoms with E-state index in [1.165, 1.54) is 89.9 Å². The summed E-state index contributed by atoms with van der Waals surface area (Å²) in [6.07, 6.45) is 20.1. The monoisotopic (exact) mass is 282 g/mol. The molecule has 0 heterocycles. The minimum Gasteiger partial charge on any atom is -0.239 e. The van der Waals surface area contributed by atoms with Gasteiger partial charge in [0.2, 0.25) is 0 Å². The van der Waals surface area contributed by atoms with Gasteiger partial charge in [0, 0.05) is 12.6 Å². The number of hydrogen-bond acceptors (Lipinski definition) is 0. The molecule has 20 heavy (non-hydrogen) atoms. The predicted molar refractivity (Wildman–Crippen MR) is 92.4 cm³/mol. The number of hydrogen-bond donors (Lipinski definition) is 0. The Morgan fingerprint density at radius 1 is 0.600 bits per heavy atom. The number of nitrogens with zero attached hydrogens (tertiary/aromatic N) is 1. The van der Waals surface area contributed by atoms with E-state index in [-0.39, 0.29) is 0 Å². The summed E-state index contributed by atoms with van der Waals surface area (Å²) < 4.78 is 0. The number of unbranched alkanes of at least 4 members (excludes halogenated alkanes) is 12. The summed E-state index contributed by atoms with van der Waals surface area (Å²) in [6, 6.07) is 0.590. The Morgan fingerprint density at radius 2 is 1.00 bits per heavy atom. The lowest BCUT2D eigenvalue weighted by atomic mass is 10.0. The summed E-state index contributed by atoms with van der Waals surface area (Å²) in [5, 5.41) is 4.52. The van der Waals surface area contributed by atoms with Crippen molar-refractivity contribution in [1.82, 2.24) is 5.32 Å². The molecule has 0 rings (SSSR count). The first kappa shape index (κ1) is 20.0. The maximum Gasteiger partial charge on any atom is 0.0217 e. The van der Waals surface area contributed by atoms with E-state index in [9.17, 15) is 0 Å². The third-order valence-corrected chi connectivity index (χ3v) is 4.22. The first-order valence-corrected chi connectivity index (χ1v) is 9.47. The molecule has 1 radical (unpaired) electrons. The zero-order valence-corrected chi connectivity index (χ0v) is 14.6. The van der Waals surface area contributed by atoms with Crippen molar-refractivity contribution in [2.75, 3.05) is 6.54 Å². The minimum atomic E-state index is 0.590. The van der Waals surface area contributed by atoms with Gasteiger partial charge in [0.1, 0.15) is 0 Å². The Kier molecular flexibility index (Phi) is 17.0. The van der Waals surface area contributed by atoms with Gasteiger partial charge in [-0.25, -0.2) is 5.32 Å². The molecule has 121 valence electrons. The van der Waals surface area contributed by atoms with Gasteiger partial charge in [-0.1, -0.05) is 97.3 Å². The van der Waals surface area contributed by atoms with Crippen LogP contribution in [0.1, 0.15) is 111 Å². The second kappa shape index (κ2) is 17.0. The smallest absolute Gasteiger partial charge is 0.0217 e. The molecule has 0 bridgehead atoms. The van der Waals surface area contributed by atoms with Gasteiger partial charge < -0.3 is 0 Å². The lowest BCUT2D eigenvalue weighted by molar-refractivity contribution is 0.478. The van der Waals surface area contributed by atoms with Crippen LogP contribution < -0.4 is 5.32 Å². The summed E-state index contributed by atoms with van der Waals surface area (Å²) in [6.45, 7) is 7.67. The SMILES string of the molecule is CCCCCCCCCCCCCCCC(C)[N]CC. The molecule has 0 aliphatic heterocycles. The lowest BCUT2D eigenvalue weighted by Gasteiger charge is -2.09. The van der Waals surface area contributed by atoms with Crippen molar-refractivity contribution < 1.29 is 0 Å². The van der Waals surface area contributed by atoms with Crippen LogP contribution in [0.3, 0.4) is 0 Å². The van der Waals surface area contributed by atoms with Gasteiger partial charge >= 0.3 is 0 Å². The largest absolute Gasteiger partial charge is 0.239 e. The van der Waals surface area contributed by atoms with E-state index in [1.807, 2.05) is 0 Å². The standard InChI is InChI=1S/C19H40N/c1-4-6-7-8-9-10-11-12-13-14-15-16-17-18-19(3)20-5-2/h19H,4-18H2,1-3H3. The van der Waals surface area contributed by atoms with E-state index < -0.39 is 0 Å². The first-order valence-electron chi connectivity index (χ1n) is 9.47. The van der Waals surface area contributed by atoms with Crippen molar-refractivity contribution in [2.24, 2.45) is 0 Å². The highest BCUT2D eigenvalue weighted by atomic mass is 14.9. The van der Waals surface area contributed by atoms with E-state index in [0.717, 1.165) is 6.54 Å². The number of rotatable bonds is 16. The first-order chi connectivity index (χ1) is 9.81. The highest BCUT2D eigenvalue weighted by Gasteiger charge is 2.00. The fourth-order valence-corrected chi connectivity index (χ4v) is 2.86. The van der Waals surface area contributed by atoms with Crippen molar-refractivity contribution in [1.29, 1.82) is 0 Å². The normalized spacial score (nSPS) is 12.8. The molecule has 0 N–H and O–H groups in total. The third kappa shape index (κ3) is 16.0. The fraction of sp³-hybridized carbons (Fsp3) is 1.00. The Morgan fingerprint density at radius 3 is 1.40 bits per heavy atom. The molecule has 1 unspecified atom stereocenters. The molecule has 1 atom stereocenters. The van der Waals surface area contributed by atoms with Gasteiger partial charge in [-0.15, -0.1) is 0 Å². The highest BCUT2D eigenvalue weighted by molar-refractivity contribution is 4.58. The molecular weight excluding hydrogens is 242 g/mol. The van der Waals surface area contributed by atoms with Gasteiger partial charge in [-0.2, -0.15) is 0 Å². The van der Waals surface area contributed by atoms with Crippen LogP contribution in [0.15, 0.2) is 0 Å². The van der Waals surface area contributed by atoms with Gasteiger partial charge in [0.15, 0.2) is 0 Å². The molecule has 0 amide bonds. The second-order valence-corrected chi connectivity index (χ2v) is 6.38. The lowest BCUT2D eigenvalue weighted by Crippen LogP contribution is -2.17. The van der Waals surface area contributed by atoms with E-state index in [1.54, 1.807) is 0 Å². The van der Waals surface area contributed by atoms with Gasteiger partial charge in [-0.3, -0.25) is 0 Å². The second-order valence-electron chi connectivity index (χ2n) is 6.38.